The van der Waals surface area contributed by atoms with Crippen molar-refractivity contribution in [1.82, 2.24) is 0 Å². The van der Waals surface area contributed by atoms with E-state index in [0.29, 0.717) is 19.0 Å². The van der Waals surface area contributed by atoms with Gasteiger partial charge in [-0.15, -0.1) is 0 Å². The minimum atomic E-state index is 0.420. The number of hydrogen-bond donors (Lipinski definition) is 1. The van der Waals surface area contributed by atoms with Gasteiger partial charge in [0.2, 0.25) is 0 Å². The van der Waals surface area contributed by atoms with Gasteiger partial charge in [-0.3, -0.25) is 0 Å². The molecule has 0 bridgehead atoms. The van der Waals surface area contributed by atoms with Crippen LogP contribution >= 0.6 is 0 Å². The Morgan fingerprint density at radius 2 is 1.71 bits per heavy atom. The Kier molecular flexibility index (Phi) is 5.21. The molecule has 0 saturated heterocycles. The lowest BCUT2D eigenvalue weighted by Crippen LogP contribution is -2.10. The highest BCUT2D eigenvalue weighted by Crippen LogP contribution is 2.19. The van der Waals surface area contributed by atoms with E-state index in [1.165, 1.54) is 11.8 Å². The van der Waals surface area contributed by atoms with E-state index >= 15 is 0 Å². The molecule has 0 aliphatic heterocycles. The lowest BCUT2D eigenvalue weighted by Gasteiger charge is -2.12. The topological polar surface area (TPSA) is 51.0 Å². The van der Waals surface area contributed by atoms with Gasteiger partial charge in [0, 0.05) is 5.56 Å². The molecule has 0 fully saturated rings. The molecule has 110 valence electrons. The van der Waals surface area contributed by atoms with E-state index in [1.807, 2.05) is 50.2 Å². The van der Waals surface area contributed by atoms with Crippen LogP contribution in [0.3, 0.4) is 0 Å². The molecule has 0 aliphatic carbocycles. The van der Waals surface area contributed by atoms with Crippen molar-refractivity contribution in [2.75, 3.05) is 13.2 Å². The third-order valence-corrected chi connectivity index (χ3v) is 3.06. The Hall–Kier alpha value is -2.49. The van der Waals surface area contributed by atoms with E-state index in [1.54, 1.807) is 0 Å². The van der Waals surface area contributed by atoms with Crippen molar-refractivity contribution in [3.8, 4) is 11.5 Å². The van der Waals surface area contributed by atoms with Gasteiger partial charge in [-0.1, -0.05) is 29.4 Å². The van der Waals surface area contributed by atoms with Crippen molar-refractivity contribution in [3.63, 3.8) is 0 Å². The molecule has 2 aromatic rings. The Morgan fingerprint density at radius 3 is 2.48 bits per heavy atom. The lowest BCUT2D eigenvalue weighted by atomic mass is 10.1. The van der Waals surface area contributed by atoms with E-state index in [2.05, 4.69) is 11.2 Å². The van der Waals surface area contributed by atoms with Crippen LogP contribution in [0.15, 0.2) is 47.6 Å². The molecule has 2 aromatic carbocycles. The molecule has 0 spiro atoms. The first kappa shape index (κ1) is 14.9. The smallest absolute Gasteiger partial charge is 0.128 e. The van der Waals surface area contributed by atoms with Crippen molar-refractivity contribution in [1.29, 1.82) is 0 Å². The van der Waals surface area contributed by atoms with E-state index < -0.39 is 0 Å². The van der Waals surface area contributed by atoms with Gasteiger partial charge in [-0.25, -0.2) is 0 Å². The molecule has 0 unspecified atom stereocenters. The summed E-state index contributed by atoms with van der Waals surface area (Å²) < 4.78 is 11.4. The van der Waals surface area contributed by atoms with Crippen LogP contribution in [0.4, 0.5) is 0 Å². The first-order valence-corrected chi connectivity index (χ1v) is 6.80. The van der Waals surface area contributed by atoms with Crippen LogP contribution < -0.4 is 9.47 Å². The molecule has 0 saturated carbocycles. The van der Waals surface area contributed by atoms with Crippen molar-refractivity contribution in [2.45, 2.75) is 13.8 Å². The van der Waals surface area contributed by atoms with Gasteiger partial charge in [0.05, 0.1) is 6.21 Å². The fourth-order valence-electron chi connectivity index (χ4n) is 1.95. The van der Waals surface area contributed by atoms with Crippen LogP contribution in [0.2, 0.25) is 0 Å². The van der Waals surface area contributed by atoms with Gasteiger partial charge in [-0.05, 0) is 43.2 Å². The van der Waals surface area contributed by atoms with Crippen molar-refractivity contribution < 1.29 is 14.7 Å². The second-order valence-corrected chi connectivity index (χ2v) is 4.75. The maximum Gasteiger partial charge on any atom is 0.128 e. The SMILES string of the molecule is Cc1ccc(C)c(OCCOc2ccccc2C=NO)c1. The zero-order valence-electron chi connectivity index (χ0n) is 12.2. The molecule has 2 rings (SSSR count). The number of ether oxygens (including phenoxy) is 2. The summed E-state index contributed by atoms with van der Waals surface area (Å²) in [6, 6.07) is 13.5. The molecule has 0 heterocycles. The lowest BCUT2D eigenvalue weighted by molar-refractivity contribution is 0.216. The van der Waals surface area contributed by atoms with Gasteiger partial charge in [-0.2, -0.15) is 0 Å². The number of para-hydroxylation sites is 1. The van der Waals surface area contributed by atoms with Crippen LogP contribution in [0.1, 0.15) is 16.7 Å². The molecule has 4 nitrogen and oxygen atoms in total. The highest BCUT2D eigenvalue weighted by molar-refractivity contribution is 5.82. The van der Waals surface area contributed by atoms with Crippen LogP contribution in [-0.4, -0.2) is 24.6 Å². The van der Waals surface area contributed by atoms with E-state index in [-0.39, 0.29) is 0 Å². The van der Waals surface area contributed by atoms with Crippen LogP contribution in [0.25, 0.3) is 0 Å². The highest BCUT2D eigenvalue weighted by atomic mass is 16.5. The monoisotopic (exact) mass is 285 g/mol. The first-order chi connectivity index (χ1) is 10.2. The molecule has 1 N–H and O–H groups in total. The zero-order valence-corrected chi connectivity index (χ0v) is 12.2. The predicted molar refractivity (Wildman–Crippen MR) is 82.7 cm³/mol. The van der Waals surface area contributed by atoms with Crippen LogP contribution in [0, 0.1) is 13.8 Å². The third-order valence-electron chi connectivity index (χ3n) is 3.06. The van der Waals surface area contributed by atoms with Gasteiger partial charge in [0.15, 0.2) is 0 Å². The van der Waals surface area contributed by atoms with Crippen LogP contribution in [0.5, 0.6) is 11.5 Å². The van der Waals surface area contributed by atoms with Gasteiger partial charge < -0.3 is 14.7 Å². The number of benzene rings is 2. The average Bonchev–Trinajstić information content (AvgIpc) is 2.49. The van der Waals surface area contributed by atoms with Gasteiger partial charge in [0.25, 0.3) is 0 Å². The predicted octanol–water partition coefficient (Wildman–Crippen LogP) is 3.57. The Bertz CT molecular complexity index is 623. The Morgan fingerprint density at radius 1 is 1.00 bits per heavy atom. The summed E-state index contributed by atoms with van der Waals surface area (Å²) in [6.07, 6.45) is 1.35. The summed E-state index contributed by atoms with van der Waals surface area (Å²) in [5.41, 5.74) is 3.00. The molecule has 0 amide bonds. The van der Waals surface area contributed by atoms with Crippen molar-refractivity contribution in [3.05, 3.63) is 59.2 Å². The largest absolute Gasteiger partial charge is 0.490 e. The number of aryl methyl sites for hydroxylation is 2. The first-order valence-electron chi connectivity index (χ1n) is 6.80. The number of hydrogen-bond acceptors (Lipinski definition) is 4. The molecule has 0 aromatic heterocycles. The van der Waals surface area contributed by atoms with E-state index in [0.717, 1.165) is 16.9 Å². The minimum Gasteiger partial charge on any atom is -0.490 e. The second-order valence-electron chi connectivity index (χ2n) is 4.75. The summed E-state index contributed by atoms with van der Waals surface area (Å²) in [5.74, 6) is 1.55. The highest BCUT2D eigenvalue weighted by Gasteiger charge is 2.02. The Labute approximate surface area is 124 Å². The summed E-state index contributed by atoms with van der Waals surface area (Å²) in [5, 5.41) is 11.6. The number of nitrogens with zero attached hydrogens (tertiary/aromatic N) is 1. The minimum absolute atomic E-state index is 0.420. The zero-order chi connectivity index (χ0) is 15.1. The van der Waals surface area contributed by atoms with Crippen LogP contribution in [-0.2, 0) is 0 Å². The summed E-state index contributed by atoms with van der Waals surface area (Å²) in [7, 11) is 0. The number of rotatable bonds is 6. The van der Waals surface area contributed by atoms with E-state index in [9.17, 15) is 0 Å². The fraction of sp³-hybridized carbons (Fsp3) is 0.235. The second kappa shape index (κ2) is 7.33. The molecule has 0 atom stereocenters. The molecular weight excluding hydrogens is 266 g/mol. The summed E-state index contributed by atoms with van der Waals surface area (Å²) in [4.78, 5) is 0. The molecule has 0 aliphatic rings. The standard InChI is InChI=1S/C17H19NO3/c1-13-7-8-14(2)17(11-13)21-10-9-20-16-6-4-3-5-15(16)12-18-19/h3-8,11-12,19H,9-10H2,1-2H3. The molecule has 0 radical (unpaired) electrons. The quantitative estimate of drug-likeness (QED) is 0.382. The summed E-state index contributed by atoms with van der Waals surface area (Å²) in [6.45, 7) is 4.93. The number of oxime groups is 1. The molecule has 4 heteroatoms. The van der Waals surface area contributed by atoms with Gasteiger partial charge in [0.1, 0.15) is 24.7 Å². The van der Waals surface area contributed by atoms with E-state index in [4.69, 9.17) is 14.7 Å². The maximum absolute atomic E-state index is 8.61. The molecular formula is C17H19NO3. The van der Waals surface area contributed by atoms with Crippen molar-refractivity contribution in [2.24, 2.45) is 5.16 Å². The third kappa shape index (κ3) is 4.24. The average molecular weight is 285 g/mol. The Balaban J connectivity index is 1.89. The summed E-state index contributed by atoms with van der Waals surface area (Å²) >= 11 is 0. The van der Waals surface area contributed by atoms with Crippen molar-refractivity contribution >= 4 is 6.21 Å². The molecule has 21 heavy (non-hydrogen) atoms. The van der Waals surface area contributed by atoms with Gasteiger partial charge >= 0.3 is 0 Å². The normalized spacial score (nSPS) is 10.8. The fourth-order valence-corrected chi connectivity index (χ4v) is 1.95. The maximum atomic E-state index is 8.61.